The third-order valence-electron chi connectivity index (χ3n) is 5.22. The van der Waals surface area contributed by atoms with Crippen LogP contribution in [0.5, 0.6) is 5.75 Å². The van der Waals surface area contributed by atoms with E-state index in [1.54, 1.807) is 18.2 Å². The van der Waals surface area contributed by atoms with E-state index in [2.05, 4.69) is 20.5 Å². The summed E-state index contributed by atoms with van der Waals surface area (Å²) >= 11 is 0. The molecule has 19 heteroatoms. The largest absolute Gasteiger partial charge is 0.505 e. The van der Waals surface area contributed by atoms with E-state index in [1.165, 1.54) is 24.3 Å². The molecule has 0 saturated heterocycles. The number of hydrogen-bond acceptors (Lipinski definition) is 12. The number of non-ortho nitro benzene ring substituents is 1. The normalized spacial score (nSPS) is 11.9. The van der Waals surface area contributed by atoms with Crippen LogP contribution in [0.4, 0.5) is 34.1 Å². The number of azo groups is 2. The van der Waals surface area contributed by atoms with Crippen molar-refractivity contribution in [1.82, 2.24) is 0 Å². The standard InChI is InChI=1S/C22H16N6O9S2.2Na/c23-19-18-12(11-17(39(35,36)37)21(22(18)29)27-24-13-4-2-1-3-5-13)10-16(38(32,33)34)20(19)26-25-14-6-8-15(9-7-14)28(30)31;;/h1-11,29H,23H2,(H,32,33,34)(H,35,36,37);;. The number of phenols is 1. The van der Waals surface area contributed by atoms with Crippen LogP contribution in [0, 0.1) is 10.1 Å². The van der Waals surface area contributed by atoms with Gasteiger partial charge < -0.3 is 10.8 Å². The minimum absolute atomic E-state index is 0. The van der Waals surface area contributed by atoms with E-state index in [0.29, 0.717) is 0 Å². The van der Waals surface area contributed by atoms with Crippen LogP contribution in [0.3, 0.4) is 0 Å². The molecule has 0 aliphatic carbocycles. The van der Waals surface area contributed by atoms with Crippen molar-refractivity contribution in [2.75, 3.05) is 5.73 Å². The van der Waals surface area contributed by atoms with Crippen molar-refractivity contribution in [2.45, 2.75) is 9.79 Å². The molecule has 0 amide bonds. The van der Waals surface area contributed by atoms with Crippen LogP contribution >= 0.6 is 0 Å². The van der Waals surface area contributed by atoms with E-state index < -0.39 is 57.8 Å². The van der Waals surface area contributed by atoms with Crippen molar-refractivity contribution in [3.63, 3.8) is 0 Å². The SMILES string of the molecule is Nc1c(N=Nc2ccc([N+](=O)[O-])cc2)c(S(=O)(=O)O)cc2cc(S(=O)(=O)O)c(N=Nc3ccccc3)c(O)c12.[Na].[Na]. The Balaban J connectivity index is 0.00000294. The van der Waals surface area contributed by atoms with Crippen LogP contribution in [0.15, 0.2) is 97.0 Å². The maximum atomic E-state index is 12.1. The third-order valence-corrected chi connectivity index (χ3v) is 6.95. The average molecular weight is 619 g/mol. The Hall–Kier alpha value is -2.84. The number of hydrogen-bond donors (Lipinski definition) is 4. The molecule has 0 atom stereocenters. The summed E-state index contributed by atoms with van der Waals surface area (Å²) in [5.74, 6) is -0.897. The van der Waals surface area contributed by atoms with Gasteiger partial charge in [-0.2, -0.15) is 27.1 Å². The molecule has 4 rings (SSSR count). The van der Waals surface area contributed by atoms with Gasteiger partial charge >= 0.3 is 0 Å². The summed E-state index contributed by atoms with van der Waals surface area (Å²) in [5, 5.41) is 36.3. The molecule has 0 spiro atoms. The van der Waals surface area contributed by atoms with Crippen molar-refractivity contribution >= 4 is 124 Å². The first-order valence-corrected chi connectivity index (χ1v) is 13.4. The van der Waals surface area contributed by atoms with Gasteiger partial charge in [-0.1, -0.05) is 18.2 Å². The number of nitrogen functional groups attached to an aromatic ring is 1. The van der Waals surface area contributed by atoms with Gasteiger partial charge in [0.25, 0.3) is 25.9 Å². The van der Waals surface area contributed by atoms with Crippen LogP contribution < -0.4 is 5.73 Å². The number of benzene rings is 4. The molecule has 0 aromatic heterocycles. The Morgan fingerprint density at radius 3 is 1.68 bits per heavy atom. The Morgan fingerprint density at radius 2 is 1.20 bits per heavy atom. The second-order valence-corrected chi connectivity index (χ2v) is 10.5. The van der Waals surface area contributed by atoms with Gasteiger partial charge in [-0.3, -0.25) is 19.2 Å². The molecule has 0 heterocycles. The summed E-state index contributed by atoms with van der Waals surface area (Å²) in [4.78, 5) is 8.37. The number of nitro benzene ring substituents is 1. The molecule has 202 valence electrons. The molecular formula is C22H16N6Na2O9S2. The summed E-state index contributed by atoms with van der Waals surface area (Å²) in [6.07, 6.45) is 0. The molecule has 0 unspecified atom stereocenters. The molecule has 0 saturated carbocycles. The topological polar surface area (TPSA) is 248 Å². The zero-order valence-corrected chi connectivity index (χ0v) is 26.9. The number of nitro groups is 1. The van der Waals surface area contributed by atoms with E-state index in [4.69, 9.17) is 5.73 Å². The zero-order chi connectivity index (χ0) is 28.5. The van der Waals surface area contributed by atoms with Crippen molar-refractivity contribution in [1.29, 1.82) is 0 Å². The van der Waals surface area contributed by atoms with Crippen molar-refractivity contribution in [3.8, 4) is 5.75 Å². The van der Waals surface area contributed by atoms with Crippen LogP contribution in [0.2, 0.25) is 0 Å². The van der Waals surface area contributed by atoms with Crippen molar-refractivity contribution < 1.29 is 36.0 Å². The Morgan fingerprint density at radius 1 is 0.732 bits per heavy atom. The molecule has 4 aromatic carbocycles. The summed E-state index contributed by atoms with van der Waals surface area (Å²) in [7, 11) is -10.1. The second-order valence-electron chi connectivity index (χ2n) is 7.77. The van der Waals surface area contributed by atoms with E-state index >= 15 is 0 Å². The van der Waals surface area contributed by atoms with Crippen LogP contribution in [-0.2, 0) is 20.2 Å². The van der Waals surface area contributed by atoms with Gasteiger partial charge in [-0.05, 0) is 41.8 Å². The first kappa shape index (κ1) is 34.4. The number of nitrogens with two attached hydrogens (primary N) is 1. The minimum atomic E-state index is -5.05. The Labute approximate surface area is 276 Å². The van der Waals surface area contributed by atoms with Gasteiger partial charge in [0.05, 0.1) is 27.4 Å². The monoisotopic (exact) mass is 618 g/mol. The Bertz CT molecular complexity index is 1900. The maximum absolute atomic E-state index is 12.1. The zero-order valence-electron chi connectivity index (χ0n) is 21.3. The molecule has 0 fully saturated rings. The number of nitrogens with zero attached hydrogens (tertiary/aromatic N) is 5. The number of phenolic OH excluding ortho intramolecular Hbond substituents is 1. The quantitative estimate of drug-likeness (QED) is 0.0559. The molecule has 2 radical (unpaired) electrons. The molecule has 15 nitrogen and oxygen atoms in total. The summed E-state index contributed by atoms with van der Waals surface area (Å²) in [6, 6.07) is 14.2. The van der Waals surface area contributed by atoms with Gasteiger partial charge in [0, 0.05) is 71.2 Å². The summed E-state index contributed by atoms with van der Waals surface area (Å²) in [5.41, 5.74) is 4.29. The fourth-order valence-electron chi connectivity index (χ4n) is 3.46. The van der Waals surface area contributed by atoms with Crippen LogP contribution in [-0.4, -0.2) is 95.1 Å². The summed E-state index contributed by atoms with van der Waals surface area (Å²) in [6.45, 7) is 0. The fraction of sp³-hybridized carbons (Fsp3) is 0. The van der Waals surface area contributed by atoms with Crippen molar-refractivity contribution in [3.05, 3.63) is 76.8 Å². The Kier molecular flexibility index (Phi) is 11.3. The molecular weight excluding hydrogens is 602 g/mol. The number of rotatable bonds is 7. The molecule has 0 bridgehead atoms. The van der Waals surface area contributed by atoms with Crippen LogP contribution in [0.25, 0.3) is 10.8 Å². The molecule has 4 aromatic rings. The predicted molar refractivity (Wildman–Crippen MR) is 149 cm³/mol. The fourth-order valence-corrected chi connectivity index (χ4v) is 4.78. The first-order valence-electron chi connectivity index (χ1n) is 10.5. The predicted octanol–water partition coefficient (Wildman–Crippen LogP) is 4.60. The number of aromatic hydroxyl groups is 1. The smallest absolute Gasteiger partial charge is 0.296 e. The first-order chi connectivity index (χ1) is 18.3. The molecule has 0 aliphatic rings. The summed E-state index contributed by atoms with van der Waals surface area (Å²) < 4.78 is 68.0. The van der Waals surface area contributed by atoms with Crippen molar-refractivity contribution in [2.24, 2.45) is 20.5 Å². The average Bonchev–Trinajstić information content (AvgIpc) is 2.86. The number of anilines is 1. The molecule has 41 heavy (non-hydrogen) atoms. The molecule has 0 aliphatic heterocycles. The van der Waals surface area contributed by atoms with Gasteiger partial charge in [-0.25, -0.2) is 0 Å². The van der Waals surface area contributed by atoms with E-state index in [9.17, 15) is 41.2 Å². The van der Waals surface area contributed by atoms with Crippen LogP contribution in [0.1, 0.15) is 0 Å². The van der Waals surface area contributed by atoms with Gasteiger partial charge in [-0.15, -0.1) is 10.2 Å². The van der Waals surface area contributed by atoms with E-state index in [-0.39, 0.29) is 86.9 Å². The number of fused-ring (bicyclic) bond motifs is 1. The maximum Gasteiger partial charge on any atom is 0.296 e. The van der Waals surface area contributed by atoms with E-state index in [1.807, 2.05) is 0 Å². The van der Waals surface area contributed by atoms with Gasteiger partial charge in [0.1, 0.15) is 21.2 Å². The molecule has 5 N–H and O–H groups in total. The minimum Gasteiger partial charge on any atom is -0.505 e. The van der Waals surface area contributed by atoms with E-state index in [0.717, 1.165) is 24.3 Å². The third kappa shape index (κ3) is 7.72. The van der Waals surface area contributed by atoms with Gasteiger partial charge in [0.15, 0.2) is 5.75 Å². The second kappa shape index (κ2) is 13.4. The van der Waals surface area contributed by atoms with Gasteiger partial charge in [0.2, 0.25) is 0 Å².